The van der Waals surface area contributed by atoms with E-state index in [2.05, 4.69) is 5.32 Å². The summed E-state index contributed by atoms with van der Waals surface area (Å²) in [5.74, 6) is -1.45. The van der Waals surface area contributed by atoms with Crippen LogP contribution in [0.3, 0.4) is 0 Å². The van der Waals surface area contributed by atoms with Gasteiger partial charge in [0.05, 0.1) is 18.6 Å². The SMILES string of the molecule is CC(O)CC(=O)N[C@@H](C(=O)CO)[C@H](O)[C@@H](C)O. The average molecular weight is 249 g/mol. The summed E-state index contributed by atoms with van der Waals surface area (Å²) in [6.07, 6.45) is -3.86. The summed E-state index contributed by atoms with van der Waals surface area (Å²) in [5, 5.41) is 38.5. The summed E-state index contributed by atoms with van der Waals surface area (Å²) >= 11 is 0. The van der Waals surface area contributed by atoms with Crippen LogP contribution >= 0.6 is 0 Å². The highest BCUT2D eigenvalue weighted by molar-refractivity contribution is 5.90. The number of aliphatic hydroxyl groups excluding tert-OH is 4. The van der Waals surface area contributed by atoms with Gasteiger partial charge < -0.3 is 25.7 Å². The molecule has 0 aliphatic carbocycles. The molecule has 0 aromatic rings. The van der Waals surface area contributed by atoms with Crippen LogP contribution in [0.5, 0.6) is 0 Å². The van der Waals surface area contributed by atoms with Crippen molar-refractivity contribution < 1.29 is 30.0 Å². The van der Waals surface area contributed by atoms with Crippen LogP contribution in [0.15, 0.2) is 0 Å². The zero-order chi connectivity index (χ0) is 13.6. The normalized spacial score (nSPS) is 18.0. The maximum absolute atomic E-state index is 11.3. The molecule has 0 bridgehead atoms. The fourth-order valence-electron chi connectivity index (χ4n) is 1.23. The molecule has 0 aromatic heterocycles. The van der Waals surface area contributed by atoms with Crippen LogP contribution in [0.25, 0.3) is 0 Å². The first-order valence-electron chi connectivity index (χ1n) is 5.26. The van der Waals surface area contributed by atoms with Crippen molar-refractivity contribution in [1.29, 1.82) is 0 Å². The molecule has 0 spiro atoms. The number of Topliss-reactive ketones (excluding diaryl/α,β-unsaturated/α-hetero) is 1. The number of carbonyl (C=O) groups is 2. The first-order valence-corrected chi connectivity index (χ1v) is 5.26. The van der Waals surface area contributed by atoms with Crippen LogP contribution in [0.4, 0.5) is 0 Å². The highest BCUT2D eigenvalue weighted by atomic mass is 16.3. The summed E-state index contributed by atoms with van der Waals surface area (Å²) < 4.78 is 0. The van der Waals surface area contributed by atoms with Crippen LogP contribution in [0, 0.1) is 0 Å². The van der Waals surface area contributed by atoms with Gasteiger partial charge in [-0.25, -0.2) is 0 Å². The quantitative estimate of drug-likeness (QED) is 0.341. The van der Waals surface area contributed by atoms with Gasteiger partial charge in [-0.1, -0.05) is 0 Å². The number of hydrogen-bond donors (Lipinski definition) is 5. The molecule has 0 saturated heterocycles. The Morgan fingerprint density at radius 1 is 1.18 bits per heavy atom. The van der Waals surface area contributed by atoms with E-state index in [1.54, 1.807) is 0 Å². The molecule has 0 saturated carbocycles. The van der Waals surface area contributed by atoms with E-state index in [-0.39, 0.29) is 6.42 Å². The van der Waals surface area contributed by atoms with E-state index >= 15 is 0 Å². The van der Waals surface area contributed by atoms with Crippen LogP contribution in [0.1, 0.15) is 20.3 Å². The summed E-state index contributed by atoms with van der Waals surface area (Å²) in [4.78, 5) is 22.6. The standard InChI is InChI=1S/C10H19NO6/c1-5(13)3-8(16)11-9(7(15)4-12)10(17)6(2)14/h5-6,9-10,12-14,17H,3-4H2,1-2H3,(H,11,16)/t5?,6-,9+,10-/m1/s1. The molecule has 0 fully saturated rings. The van der Waals surface area contributed by atoms with Gasteiger partial charge in [0.2, 0.25) is 5.91 Å². The first-order chi connectivity index (χ1) is 7.79. The third-order valence-electron chi connectivity index (χ3n) is 2.14. The second-order valence-corrected chi connectivity index (χ2v) is 3.95. The van der Waals surface area contributed by atoms with Crippen LogP contribution in [-0.4, -0.2) is 63.1 Å². The third-order valence-corrected chi connectivity index (χ3v) is 2.14. The lowest BCUT2D eigenvalue weighted by atomic mass is 10.0. The Hall–Kier alpha value is -1.02. The average Bonchev–Trinajstić information content (AvgIpc) is 2.22. The number of nitrogens with one attached hydrogen (secondary N) is 1. The summed E-state index contributed by atoms with van der Waals surface area (Å²) in [7, 11) is 0. The highest BCUT2D eigenvalue weighted by Gasteiger charge is 2.30. The van der Waals surface area contributed by atoms with Crippen molar-refractivity contribution in [2.24, 2.45) is 0 Å². The molecule has 17 heavy (non-hydrogen) atoms. The lowest BCUT2D eigenvalue weighted by Gasteiger charge is -2.24. The zero-order valence-electron chi connectivity index (χ0n) is 9.83. The molecule has 1 amide bonds. The Morgan fingerprint density at radius 2 is 1.71 bits per heavy atom. The van der Waals surface area contributed by atoms with E-state index < -0.39 is 42.7 Å². The second-order valence-electron chi connectivity index (χ2n) is 3.95. The number of aliphatic hydroxyl groups is 4. The van der Waals surface area contributed by atoms with E-state index in [0.717, 1.165) is 0 Å². The Bertz CT molecular complexity index is 266. The minimum absolute atomic E-state index is 0.234. The lowest BCUT2D eigenvalue weighted by Crippen LogP contribution is -2.53. The van der Waals surface area contributed by atoms with Crippen molar-refractivity contribution in [3.63, 3.8) is 0 Å². The Morgan fingerprint density at radius 3 is 2.06 bits per heavy atom. The molecular formula is C10H19NO6. The smallest absolute Gasteiger partial charge is 0.223 e. The number of hydrogen-bond acceptors (Lipinski definition) is 6. The minimum atomic E-state index is -1.51. The van der Waals surface area contributed by atoms with Gasteiger partial charge in [-0.3, -0.25) is 9.59 Å². The summed E-state index contributed by atoms with van der Waals surface area (Å²) in [6, 6.07) is -1.38. The largest absolute Gasteiger partial charge is 0.393 e. The molecule has 1 unspecified atom stereocenters. The predicted molar refractivity (Wildman–Crippen MR) is 58.0 cm³/mol. The van der Waals surface area contributed by atoms with Crippen LogP contribution < -0.4 is 5.32 Å². The molecule has 4 atom stereocenters. The number of carbonyl (C=O) groups excluding carboxylic acids is 2. The molecule has 0 rings (SSSR count). The lowest BCUT2D eigenvalue weighted by molar-refractivity contribution is -0.135. The monoisotopic (exact) mass is 249 g/mol. The van der Waals surface area contributed by atoms with Gasteiger partial charge in [0.1, 0.15) is 18.8 Å². The van der Waals surface area contributed by atoms with E-state index in [9.17, 15) is 14.7 Å². The van der Waals surface area contributed by atoms with Gasteiger partial charge in [-0.2, -0.15) is 0 Å². The summed E-state index contributed by atoms with van der Waals surface area (Å²) in [5.41, 5.74) is 0. The van der Waals surface area contributed by atoms with Gasteiger partial charge in [-0.15, -0.1) is 0 Å². The van der Waals surface area contributed by atoms with Gasteiger partial charge in [0.15, 0.2) is 5.78 Å². The molecule has 0 heterocycles. The molecule has 0 aromatic carbocycles. The van der Waals surface area contributed by atoms with Crippen molar-refractivity contribution in [2.45, 2.75) is 44.6 Å². The Labute approximate surface area is 99.1 Å². The third kappa shape index (κ3) is 5.73. The maximum atomic E-state index is 11.3. The molecule has 7 heteroatoms. The van der Waals surface area contributed by atoms with Crippen LogP contribution in [-0.2, 0) is 9.59 Å². The van der Waals surface area contributed by atoms with Crippen molar-refractivity contribution >= 4 is 11.7 Å². The van der Waals surface area contributed by atoms with Crippen molar-refractivity contribution in [3.8, 4) is 0 Å². The molecule has 0 radical (unpaired) electrons. The molecule has 5 N–H and O–H groups in total. The molecule has 0 aliphatic heterocycles. The van der Waals surface area contributed by atoms with Gasteiger partial charge >= 0.3 is 0 Å². The molecule has 100 valence electrons. The highest BCUT2D eigenvalue weighted by Crippen LogP contribution is 2.03. The number of amides is 1. The second kappa shape index (κ2) is 7.33. The van der Waals surface area contributed by atoms with Crippen molar-refractivity contribution in [3.05, 3.63) is 0 Å². The summed E-state index contributed by atoms with van der Waals surface area (Å²) in [6.45, 7) is 1.79. The van der Waals surface area contributed by atoms with Crippen molar-refractivity contribution in [1.82, 2.24) is 5.32 Å². The Balaban J connectivity index is 4.60. The molecule has 7 nitrogen and oxygen atoms in total. The number of ketones is 1. The van der Waals surface area contributed by atoms with Crippen molar-refractivity contribution in [2.75, 3.05) is 6.61 Å². The van der Waals surface area contributed by atoms with Gasteiger partial charge in [0.25, 0.3) is 0 Å². The predicted octanol–water partition coefficient (Wildman–Crippen LogP) is -2.45. The zero-order valence-corrected chi connectivity index (χ0v) is 9.83. The maximum Gasteiger partial charge on any atom is 0.223 e. The van der Waals surface area contributed by atoms with Gasteiger partial charge in [-0.05, 0) is 13.8 Å². The fraction of sp³-hybridized carbons (Fsp3) is 0.800. The topological polar surface area (TPSA) is 127 Å². The van der Waals surface area contributed by atoms with Crippen LogP contribution in [0.2, 0.25) is 0 Å². The van der Waals surface area contributed by atoms with E-state index in [4.69, 9.17) is 15.3 Å². The van der Waals surface area contributed by atoms with E-state index in [1.807, 2.05) is 0 Å². The molecule has 0 aliphatic rings. The Kier molecular flexibility index (Phi) is 6.89. The van der Waals surface area contributed by atoms with E-state index in [0.29, 0.717) is 0 Å². The number of rotatable bonds is 7. The fourth-order valence-corrected chi connectivity index (χ4v) is 1.23. The van der Waals surface area contributed by atoms with Gasteiger partial charge in [0, 0.05) is 0 Å². The van der Waals surface area contributed by atoms with E-state index in [1.165, 1.54) is 13.8 Å². The minimum Gasteiger partial charge on any atom is -0.393 e. The first kappa shape index (κ1) is 16.0. The molecular weight excluding hydrogens is 230 g/mol.